The highest BCUT2D eigenvalue weighted by molar-refractivity contribution is 5.49. The number of aryl methyl sites for hydroxylation is 2. The van der Waals surface area contributed by atoms with E-state index >= 15 is 0 Å². The number of nitrogens with zero attached hydrogens (tertiary/aromatic N) is 1. The molecule has 5 heteroatoms. The maximum absolute atomic E-state index is 10.8. The van der Waals surface area contributed by atoms with Gasteiger partial charge in [-0.2, -0.15) is 0 Å². The minimum atomic E-state index is -0.399. The first-order valence-electron chi connectivity index (χ1n) is 5.65. The molecule has 0 amide bonds. The van der Waals surface area contributed by atoms with E-state index in [1.54, 1.807) is 13.0 Å². The fourth-order valence-corrected chi connectivity index (χ4v) is 1.65. The lowest BCUT2D eigenvalue weighted by Crippen LogP contribution is -2.14. The third kappa shape index (κ3) is 3.56. The number of rotatable bonds is 6. The molecule has 0 aliphatic rings. The van der Waals surface area contributed by atoms with E-state index in [0.717, 1.165) is 11.1 Å². The van der Waals surface area contributed by atoms with Gasteiger partial charge in [0.2, 0.25) is 0 Å². The molecular weight excluding hydrogens is 232 g/mol. The summed E-state index contributed by atoms with van der Waals surface area (Å²) in [6.45, 7) is 8.44. The number of nitro groups is 1. The van der Waals surface area contributed by atoms with Crippen molar-refractivity contribution in [2.24, 2.45) is 0 Å². The lowest BCUT2D eigenvalue weighted by molar-refractivity contribution is -0.385. The quantitative estimate of drug-likeness (QED) is 0.478. The van der Waals surface area contributed by atoms with Gasteiger partial charge in [0.25, 0.3) is 5.69 Å². The zero-order valence-corrected chi connectivity index (χ0v) is 10.9. The lowest BCUT2D eigenvalue weighted by Gasteiger charge is -2.11. The van der Waals surface area contributed by atoms with E-state index < -0.39 is 4.92 Å². The molecule has 18 heavy (non-hydrogen) atoms. The summed E-state index contributed by atoms with van der Waals surface area (Å²) in [4.78, 5) is 10.4. The minimum absolute atomic E-state index is 0.0785. The molecule has 0 unspecified atom stereocenters. The minimum Gasteiger partial charge on any atom is -0.489 e. The summed E-state index contributed by atoms with van der Waals surface area (Å²) >= 11 is 0. The van der Waals surface area contributed by atoms with E-state index in [9.17, 15) is 10.1 Å². The maximum Gasteiger partial charge on any atom is 0.276 e. The van der Waals surface area contributed by atoms with Crippen LogP contribution in [-0.4, -0.2) is 25.1 Å². The molecule has 0 saturated heterocycles. The second kappa shape index (κ2) is 6.16. The van der Waals surface area contributed by atoms with Crippen molar-refractivity contribution in [3.8, 4) is 5.75 Å². The van der Waals surface area contributed by atoms with Crippen molar-refractivity contribution in [2.45, 2.75) is 13.8 Å². The van der Waals surface area contributed by atoms with Crippen molar-refractivity contribution < 1.29 is 9.66 Å². The number of benzene rings is 1. The van der Waals surface area contributed by atoms with Gasteiger partial charge in [-0.1, -0.05) is 6.58 Å². The fraction of sp³-hybridized carbons (Fsp3) is 0.385. The Bertz CT molecular complexity index is 470. The van der Waals surface area contributed by atoms with Crippen LogP contribution in [0.2, 0.25) is 0 Å². The number of hydrogen-bond acceptors (Lipinski definition) is 4. The number of nitrogens with one attached hydrogen (secondary N) is 1. The molecule has 1 aromatic carbocycles. The van der Waals surface area contributed by atoms with Gasteiger partial charge < -0.3 is 10.1 Å². The third-order valence-electron chi connectivity index (χ3n) is 2.55. The number of ether oxygens (including phenoxy) is 1. The van der Waals surface area contributed by atoms with Crippen LogP contribution in [0.5, 0.6) is 5.75 Å². The number of nitro benzene ring substituents is 1. The van der Waals surface area contributed by atoms with E-state index in [0.29, 0.717) is 24.5 Å². The van der Waals surface area contributed by atoms with Gasteiger partial charge in [0.05, 0.1) is 11.0 Å². The molecule has 1 N–H and O–H groups in total. The average molecular weight is 250 g/mol. The van der Waals surface area contributed by atoms with Crippen molar-refractivity contribution in [1.29, 1.82) is 0 Å². The molecule has 0 bridgehead atoms. The third-order valence-corrected chi connectivity index (χ3v) is 2.55. The Labute approximate surface area is 107 Å². The predicted octanol–water partition coefficient (Wildman–Crippen LogP) is 2.37. The molecule has 1 rings (SSSR count). The van der Waals surface area contributed by atoms with Crippen LogP contribution in [-0.2, 0) is 0 Å². The van der Waals surface area contributed by atoms with Crippen LogP contribution in [0.3, 0.4) is 0 Å². The maximum atomic E-state index is 10.8. The molecule has 0 atom stereocenters. The van der Waals surface area contributed by atoms with E-state index in [1.807, 2.05) is 14.0 Å². The Balaban J connectivity index is 2.86. The van der Waals surface area contributed by atoms with Crippen LogP contribution in [0.15, 0.2) is 24.3 Å². The Morgan fingerprint density at radius 1 is 1.44 bits per heavy atom. The summed E-state index contributed by atoms with van der Waals surface area (Å²) in [6.07, 6.45) is 0. The molecule has 0 aliphatic heterocycles. The average Bonchev–Trinajstić information content (AvgIpc) is 2.27. The van der Waals surface area contributed by atoms with E-state index in [2.05, 4.69) is 11.9 Å². The van der Waals surface area contributed by atoms with Crippen LogP contribution in [0.1, 0.15) is 11.1 Å². The number of likely N-dealkylation sites (N-methyl/N-ethyl adjacent to an activating group) is 1. The van der Waals surface area contributed by atoms with Crippen LogP contribution in [0.25, 0.3) is 0 Å². The molecule has 0 spiro atoms. The monoisotopic (exact) mass is 250 g/mol. The largest absolute Gasteiger partial charge is 0.489 e. The first kappa shape index (κ1) is 14.2. The zero-order chi connectivity index (χ0) is 13.7. The SMILES string of the molecule is C=C(CNC)COc1cc([N+](=O)[O-])c(C)cc1C. The summed E-state index contributed by atoms with van der Waals surface area (Å²) in [5.74, 6) is 0.532. The van der Waals surface area contributed by atoms with Crippen molar-refractivity contribution in [2.75, 3.05) is 20.2 Å². The van der Waals surface area contributed by atoms with Gasteiger partial charge in [-0.15, -0.1) is 0 Å². The van der Waals surface area contributed by atoms with Gasteiger partial charge in [-0.05, 0) is 38.1 Å². The van der Waals surface area contributed by atoms with Gasteiger partial charge in [0, 0.05) is 12.1 Å². The van der Waals surface area contributed by atoms with Crippen LogP contribution in [0.4, 0.5) is 5.69 Å². The van der Waals surface area contributed by atoms with Crippen molar-refractivity contribution in [1.82, 2.24) is 5.32 Å². The highest BCUT2D eigenvalue weighted by atomic mass is 16.6. The van der Waals surface area contributed by atoms with Gasteiger partial charge in [0.15, 0.2) is 0 Å². The van der Waals surface area contributed by atoms with Crippen molar-refractivity contribution >= 4 is 5.69 Å². The Morgan fingerprint density at radius 2 is 2.11 bits per heavy atom. The normalized spacial score (nSPS) is 10.2. The smallest absolute Gasteiger partial charge is 0.276 e. The molecule has 0 saturated carbocycles. The van der Waals surface area contributed by atoms with E-state index in [4.69, 9.17) is 4.74 Å². The molecule has 5 nitrogen and oxygen atoms in total. The van der Waals surface area contributed by atoms with E-state index in [-0.39, 0.29) is 5.69 Å². The Hall–Kier alpha value is -1.88. The van der Waals surface area contributed by atoms with Gasteiger partial charge >= 0.3 is 0 Å². The van der Waals surface area contributed by atoms with Gasteiger partial charge in [-0.3, -0.25) is 10.1 Å². The van der Waals surface area contributed by atoms with Crippen molar-refractivity contribution in [3.05, 3.63) is 45.5 Å². The summed E-state index contributed by atoms with van der Waals surface area (Å²) in [7, 11) is 1.83. The summed E-state index contributed by atoms with van der Waals surface area (Å²) in [5.41, 5.74) is 2.49. The summed E-state index contributed by atoms with van der Waals surface area (Å²) < 4.78 is 5.55. The first-order chi connectivity index (χ1) is 8.45. The highest BCUT2D eigenvalue weighted by Gasteiger charge is 2.14. The topological polar surface area (TPSA) is 64.4 Å². The molecule has 0 fully saturated rings. The Kier molecular flexibility index (Phi) is 4.85. The first-order valence-corrected chi connectivity index (χ1v) is 5.65. The molecule has 98 valence electrons. The second-order valence-corrected chi connectivity index (χ2v) is 4.23. The number of hydrogen-bond donors (Lipinski definition) is 1. The summed E-state index contributed by atoms with van der Waals surface area (Å²) in [6, 6.07) is 3.23. The predicted molar refractivity (Wildman–Crippen MR) is 71.1 cm³/mol. The lowest BCUT2D eigenvalue weighted by atomic mass is 10.1. The molecule has 0 aliphatic carbocycles. The highest BCUT2D eigenvalue weighted by Crippen LogP contribution is 2.28. The fourth-order valence-electron chi connectivity index (χ4n) is 1.65. The molecule has 0 heterocycles. The molecular formula is C13H18N2O3. The molecule has 1 aromatic rings. The second-order valence-electron chi connectivity index (χ2n) is 4.23. The summed E-state index contributed by atoms with van der Waals surface area (Å²) in [5, 5.41) is 13.8. The van der Waals surface area contributed by atoms with Crippen molar-refractivity contribution in [3.63, 3.8) is 0 Å². The van der Waals surface area contributed by atoms with Crippen LogP contribution in [0, 0.1) is 24.0 Å². The van der Waals surface area contributed by atoms with Gasteiger partial charge in [-0.25, -0.2) is 0 Å². The molecule has 0 radical (unpaired) electrons. The standard InChI is InChI=1S/C13H18N2O3/c1-9(7-14-4)8-18-13-6-12(15(16)17)10(2)5-11(13)3/h5-6,14H,1,7-8H2,2-4H3. The zero-order valence-electron chi connectivity index (χ0n) is 10.9. The van der Waals surface area contributed by atoms with Gasteiger partial charge in [0.1, 0.15) is 12.4 Å². The Morgan fingerprint density at radius 3 is 2.67 bits per heavy atom. The van der Waals surface area contributed by atoms with Crippen LogP contribution >= 0.6 is 0 Å². The van der Waals surface area contributed by atoms with E-state index in [1.165, 1.54) is 6.07 Å². The molecule has 0 aromatic heterocycles. The van der Waals surface area contributed by atoms with Crippen LogP contribution < -0.4 is 10.1 Å².